The molecule has 156 valence electrons. The number of nitrogens with zero attached hydrogens (tertiary/aromatic N) is 1. The average molecular weight is 482 g/mol. The normalized spacial score (nSPS) is 16.4. The van der Waals surface area contributed by atoms with Crippen molar-refractivity contribution in [1.82, 2.24) is 10.2 Å². The minimum Gasteiger partial charge on any atom is -0.355 e. The number of anilines is 1. The molecule has 5 nitrogen and oxygen atoms in total. The molecule has 1 unspecified atom stereocenters. The third-order valence-electron chi connectivity index (χ3n) is 5.27. The molecule has 1 fully saturated rings. The predicted molar refractivity (Wildman–Crippen MR) is 118 cm³/mol. The van der Waals surface area contributed by atoms with Crippen molar-refractivity contribution in [3.05, 3.63) is 50.9 Å². The van der Waals surface area contributed by atoms with Crippen molar-refractivity contribution in [2.45, 2.75) is 32.2 Å². The van der Waals surface area contributed by atoms with E-state index < -0.39 is 5.82 Å². The molecule has 8 heteroatoms. The van der Waals surface area contributed by atoms with Gasteiger partial charge in [0.15, 0.2) is 0 Å². The van der Waals surface area contributed by atoms with E-state index >= 15 is 0 Å². The summed E-state index contributed by atoms with van der Waals surface area (Å²) in [7, 11) is 0. The lowest BCUT2D eigenvalue weighted by Gasteiger charge is -2.34. The van der Waals surface area contributed by atoms with E-state index in [1.54, 1.807) is 17.4 Å². The number of carbonyl (C=O) groups excluding carboxylic acids is 2. The fourth-order valence-electron chi connectivity index (χ4n) is 3.45. The highest BCUT2D eigenvalue weighted by molar-refractivity contribution is 9.10. The van der Waals surface area contributed by atoms with Gasteiger partial charge < -0.3 is 10.6 Å². The van der Waals surface area contributed by atoms with Crippen LogP contribution in [-0.2, 0) is 16.0 Å². The van der Waals surface area contributed by atoms with Gasteiger partial charge in [-0.1, -0.05) is 22.0 Å². The zero-order valence-corrected chi connectivity index (χ0v) is 18.7. The van der Waals surface area contributed by atoms with E-state index in [9.17, 15) is 14.0 Å². The van der Waals surface area contributed by atoms with Gasteiger partial charge in [-0.2, -0.15) is 0 Å². The predicted octanol–water partition coefficient (Wildman–Crippen LogP) is 4.05. The van der Waals surface area contributed by atoms with Crippen molar-refractivity contribution in [2.75, 3.05) is 25.0 Å². The van der Waals surface area contributed by atoms with Crippen LogP contribution in [0.5, 0.6) is 0 Å². The first-order valence-electron chi connectivity index (χ1n) is 9.74. The van der Waals surface area contributed by atoms with Crippen LogP contribution in [0.1, 0.15) is 24.6 Å². The molecule has 2 amide bonds. The molecule has 2 heterocycles. The molecular formula is C21H25BrFN3O2S. The van der Waals surface area contributed by atoms with E-state index in [4.69, 9.17) is 0 Å². The summed E-state index contributed by atoms with van der Waals surface area (Å²) in [5, 5.41) is 7.72. The summed E-state index contributed by atoms with van der Waals surface area (Å²) in [4.78, 5) is 28.2. The lowest BCUT2D eigenvalue weighted by molar-refractivity contribution is -0.127. The smallest absolute Gasteiger partial charge is 0.241 e. The number of nitrogens with one attached hydrogen (secondary N) is 2. The lowest BCUT2D eigenvalue weighted by atomic mass is 9.95. The van der Waals surface area contributed by atoms with Gasteiger partial charge in [0.25, 0.3) is 0 Å². The van der Waals surface area contributed by atoms with E-state index in [-0.39, 0.29) is 29.5 Å². The first-order chi connectivity index (χ1) is 13.9. The molecule has 1 aromatic carbocycles. The van der Waals surface area contributed by atoms with Gasteiger partial charge in [0.1, 0.15) is 5.82 Å². The van der Waals surface area contributed by atoms with Crippen LogP contribution in [0.2, 0.25) is 0 Å². The Bertz CT molecular complexity index is 838. The molecular weight excluding hydrogens is 457 g/mol. The second-order valence-electron chi connectivity index (χ2n) is 7.22. The molecule has 0 bridgehead atoms. The van der Waals surface area contributed by atoms with E-state index in [2.05, 4.69) is 32.6 Å². The fraction of sp³-hybridized carbons (Fsp3) is 0.429. The number of hydrogen-bond donors (Lipinski definition) is 2. The Morgan fingerprint density at radius 1 is 1.31 bits per heavy atom. The number of amides is 2. The van der Waals surface area contributed by atoms with Crippen molar-refractivity contribution in [1.29, 1.82) is 0 Å². The second-order valence-corrected chi connectivity index (χ2v) is 9.17. The summed E-state index contributed by atoms with van der Waals surface area (Å²) in [6.07, 6.45) is 2.29. The average Bonchev–Trinajstić information content (AvgIpc) is 3.23. The van der Waals surface area contributed by atoms with E-state index in [0.29, 0.717) is 24.1 Å². The fourth-order valence-corrected chi connectivity index (χ4v) is 4.49. The first kappa shape index (κ1) is 21.9. The van der Waals surface area contributed by atoms with Gasteiger partial charge in [0.05, 0.1) is 11.7 Å². The molecule has 2 aromatic rings. The van der Waals surface area contributed by atoms with Crippen LogP contribution in [-0.4, -0.2) is 42.4 Å². The van der Waals surface area contributed by atoms with Crippen molar-refractivity contribution in [2.24, 2.45) is 5.92 Å². The molecule has 2 N–H and O–H groups in total. The van der Waals surface area contributed by atoms with Gasteiger partial charge in [-0.25, -0.2) is 4.39 Å². The summed E-state index contributed by atoms with van der Waals surface area (Å²) in [5.41, 5.74) is 0.171. The minimum absolute atomic E-state index is 0.0197. The summed E-state index contributed by atoms with van der Waals surface area (Å²) in [6.45, 7) is 3.80. The van der Waals surface area contributed by atoms with Gasteiger partial charge in [0, 0.05) is 21.8 Å². The summed E-state index contributed by atoms with van der Waals surface area (Å²) >= 11 is 4.90. The topological polar surface area (TPSA) is 61.4 Å². The van der Waals surface area contributed by atoms with Crippen LogP contribution >= 0.6 is 27.3 Å². The number of carbonyl (C=O) groups is 2. The minimum atomic E-state index is -0.474. The third-order valence-corrected chi connectivity index (χ3v) is 6.70. The van der Waals surface area contributed by atoms with Gasteiger partial charge in [-0.15, -0.1) is 11.3 Å². The molecule has 0 spiro atoms. The number of hydrogen-bond acceptors (Lipinski definition) is 4. The van der Waals surface area contributed by atoms with Crippen molar-refractivity contribution >= 4 is 44.8 Å². The number of likely N-dealkylation sites (tertiary alicyclic amines) is 1. The molecule has 1 aliphatic heterocycles. The van der Waals surface area contributed by atoms with Gasteiger partial charge in [-0.3, -0.25) is 14.5 Å². The number of piperidine rings is 1. The molecule has 0 aliphatic carbocycles. The number of thiophene rings is 1. The molecule has 3 rings (SSSR count). The largest absolute Gasteiger partial charge is 0.355 e. The molecule has 1 aromatic heterocycles. The van der Waals surface area contributed by atoms with Gasteiger partial charge in [0.2, 0.25) is 11.8 Å². The second kappa shape index (κ2) is 10.3. The van der Waals surface area contributed by atoms with Crippen LogP contribution < -0.4 is 10.6 Å². The summed E-state index contributed by atoms with van der Waals surface area (Å²) in [5.74, 6) is -0.646. The quantitative estimate of drug-likeness (QED) is 0.626. The number of halogens is 2. The zero-order chi connectivity index (χ0) is 20.8. The van der Waals surface area contributed by atoms with Crippen LogP contribution in [0, 0.1) is 11.7 Å². The van der Waals surface area contributed by atoms with Crippen LogP contribution in [0.15, 0.2) is 40.2 Å². The number of benzene rings is 1. The van der Waals surface area contributed by atoms with E-state index in [0.717, 1.165) is 19.3 Å². The Morgan fingerprint density at radius 2 is 2.07 bits per heavy atom. The highest BCUT2D eigenvalue weighted by atomic mass is 79.9. The van der Waals surface area contributed by atoms with Crippen molar-refractivity contribution in [3.63, 3.8) is 0 Å². The summed E-state index contributed by atoms with van der Waals surface area (Å²) < 4.78 is 14.6. The molecule has 0 saturated carbocycles. The monoisotopic (exact) mass is 481 g/mol. The van der Waals surface area contributed by atoms with Gasteiger partial charge in [-0.05, 0) is 68.9 Å². The molecule has 1 saturated heterocycles. The summed E-state index contributed by atoms with van der Waals surface area (Å²) in [6, 6.07) is 8.24. The number of rotatable bonds is 7. The van der Waals surface area contributed by atoms with Crippen LogP contribution in [0.3, 0.4) is 0 Å². The standard InChI is InChI=1S/C21H25BrFN3O2S/c1-14(20(27)25-19-5-4-16(22)13-18(19)23)26-10-7-15(8-11-26)21(28)24-9-6-17-3-2-12-29-17/h2-5,12-15H,6-11H2,1H3,(H,24,28)(H,25,27). The first-order valence-corrected chi connectivity index (χ1v) is 11.4. The highest BCUT2D eigenvalue weighted by Gasteiger charge is 2.29. The lowest BCUT2D eigenvalue weighted by Crippen LogP contribution is -2.48. The Labute approximate surface area is 182 Å². The van der Waals surface area contributed by atoms with E-state index in [1.165, 1.54) is 17.0 Å². The Hall–Kier alpha value is -1.77. The molecule has 1 atom stereocenters. The SMILES string of the molecule is CC(C(=O)Nc1ccc(Br)cc1F)N1CCC(C(=O)NCCc2cccs2)CC1. The van der Waals surface area contributed by atoms with Crippen molar-refractivity contribution in [3.8, 4) is 0 Å². The molecule has 1 aliphatic rings. The van der Waals surface area contributed by atoms with Gasteiger partial charge >= 0.3 is 0 Å². The Balaban J connectivity index is 1.42. The Kier molecular flexibility index (Phi) is 7.80. The van der Waals surface area contributed by atoms with Crippen LogP contribution in [0.25, 0.3) is 0 Å². The Morgan fingerprint density at radius 3 is 2.72 bits per heavy atom. The maximum Gasteiger partial charge on any atom is 0.241 e. The highest BCUT2D eigenvalue weighted by Crippen LogP contribution is 2.22. The third kappa shape index (κ3) is 6.10. The molecule has 0 radical (unpaired) electrons. The van der Waals surface area contributed by atoms with Crippen molar-refractivity contribution < 1.29 is 14.0 Å². The molecule has 29 heavy (non-hydrogen) atoms. The van der Waals surface area contributed by atoms with Crippen LogP contribution in [0.4, 0.5) is 10.1 Å². The zero-order valence-electron chi connectivity index (χ0n) is 16.3. The maximum absolute atomic E-state index is 13.9. The maximum atomic E-state index is 13.9. The van der Waals surface area contributed by atoms with E-state index in [1.807, 2.05) is 23.3 Å².